The van der Waals surface area contributed by atoms with E-state index in [1.807, 2.05) is 0 Å². The number of thioether (sulfide) groups is 1. The van der Waals surface area contributed by atoms with Crippen LogP contribution in [0, 0.1) is 11.6 Å². The molecule has 0 aromatic heterocycles. The van der Waals surface area contributed by atoms with E-state index in [-0.39, 0.29) is 5.75 Å². The van der Waals surface area contributed by atoms with Crippen molar-refractivity contribution in [3.63, 3.8) is 0 Å². The molecule has 0 fully saturated rings. The van der Waals surface area contributed by atoms with Gasteiger partial charge in [0, 0.05) is 10.6 Å². The van der Waals surface area contributed by atoms with Crippen LogP contribution in [-0.4, -0.2) is 23.7 Å². The first-order chi connectivity index (χ1) is 11.5. The second-order valence-corrected chi connectivity index (χ2v) is 5.86. The van der Waals surface area contributed by atoms with Crippen LogP contribution in [0.5, 0.6) is 0 Å². The quantitative estimate of drug-likeness (QED) is 0.638. The number of anilines is 1. The van der Waals surface area contributed by atoms with Crippen molar-refractivity contribution in [1.29, 1.82) is 0 Å². The largest absolute Gasteiger partial charge is 0.452 e. The molecule has 0 aliphatic heterocycles. The van der Waals surface area contributed by atoms with Crippen LogP contribution in [0.25, 0.3) is 0 Å². The fraction of sp³-hybridized carbons (Fsp3) is 0.176. The molecule has 24 heavy (non-hydrogen) atoms. The summed E-state index contributed by atoms with van der Waals surface area (Å²) >= 11 is 0.992. The lowest BCUT2D eigenvalue weighted by Gasteiger charge is -2.13. The molecule has 1 atom stereocenters. The number of rotatable bonds is 6. The number of ether oxygens (including phenoxy) is 1. The van der Waals surface area contributed by atoms with Crippen molar-refractivity contribution in [2.24, 2.45) is 0 Å². The smallest absolute Gasteiger partial charge is 0.317 e. The fourth-order valence-corrected chi connectivity index (χ4v) is 2.48. The summed E-state index contributed by atoms with van der Waals surface area (Å²) < 4.78 is 31.2. The van der Waals surface area contributed by atoms with Gasteiger partial charge in [-0.3, -0.25) is 9.59 Å². The van der Waals surface area contributed by atoms with Crippen LogP contribution in [0.15, 0.2) is 53.4 Å². The third-order valence-electron chi connectivity index (χ3n) is 2.97. The van der Waals surface area contributed by atoms with E-state index in [1.54, 1.807) is 18.2 Å². The second kappa shape index (κ2) is 8.44. The third kappa shape index (κ3) is 5.34. The summed E-state index contributed by atoms with van der Waals surface area (Å²) in [5.41, 5.74) is 0.394. The Bertz CT molecular complexity index is 722. The number of amides is 1. The van der Waals surface area contributed by atoms with Gasteiger partial charge in [-0.05, 0) is 43.3 Å². The lowest BCUT2D eigenvalue weighted by atomic mass is 10.3. The molecule has 2 aromatic carbocycles. The number of halogens is 2. The van der Waals surface area contributed by atoms with Gasteiger partial charge in [-0.25, -0.2) is 8.78 Å². The number of carbonyl (C=O) groups excluding carboxylic acids is 2. The maximum atomic E-state index is 13.4. The fourth-order valence-electron chi connectivity index (χ4n) is 1.76. The Labute approximate surface area is 142 Å². The van der Waals surface area contributed by atoms with Gasteiger partial charge in [0.05, 0.1) is 5.75 Å². The molecule has 0 spiro atoms. The Kier molecular flexibility index (Phi) is 6.31. The molecular formula is C17H15F2NO3S. The van der Waals surface area contributed by atoms with Crippen LogP contribution in [0.2, 0.25) is 0 Å². The first kappa shape index (κ1) is 17.9. The lowest BCUT2D eigenvalue weighted by molar-refractivity contribution is -0.150. The summed E-state index contributed by atoms with van der Waals surface area (Å²) in [6.07, 6.45) is -1.02. The van der Waals surface area contributed by atoms with Crippen LogP contribution in [0.3, 0.4) is 0 Å². The minimum absolute atomic E-state index is 0.116. The average Bonchev–Trinajstić information content (AvgIpc) is 2.56. The number of nitrogens with one attached hydrogen (secondary N) is 1. The molecule has 1 amide bonds. The average molecular weight is 351 g/mol. The summed E-state index contributed by atoms with van der Waals surface area (Å²) in [7, 11) is 0. The SMILES string of the molecule is C[C@@H](OC(=O)CSc1ccccc1F)C(=O)Nc1ccc(F)cc1. The van der Waals surface area contributed by atoms with Crippen molar-refractivity contribution in [3.05, 3.63) is 60.2 Å². The topological polar surface area (TPSA) is 55.4 Å². The molecule has 0 aliphatic rings. The third-order valence-corrected chi connectivity index (χ3v) is 3.99. The van der Waals surface area contributed by atoms with E-state index in [2.05, 4.69) is 5.32 Å². The maximum absolute atomic E-state index is 13.4. The number of hydrogen-bond acceptors (Lipinski definition) is 4. The molecule has 0 heterocycles. The van der Waals surface area contributed by atoms with Gasteiger partial charge in [-0.1, -0.05) is 12.1 Å². The summed E-state index contributed by atoms with van der Waals surface area (Å²) in [4.78, 5) is 24.0. The minimum Gasteiger partial charge on any atom is -0.452 e. The van der Waals surface area contributed by atoms with Crippen LogP contribution < -0.4 is 5.32 Å². The highest BCUT2D eigenvalue weighted by Crippen LogP contribution is 2.21. The molecule has 4 nitrogen and oxygen atoms in total. The molecule has 0 radical (unpaired) electrons. The number of benzene rings is 2. The second-order valence-electron chi connectivity index (χ2n) is 4.85. The molecule has 0 aliphatic carbocycles. The Morgan fingerprint density at radius 1 is 1.12 bits per heavy atom. The molecule has 0 saturated heterocycles. The molecule has 0 saturated carbocycles. The van der Waals surface area contributed by atoms with Crippen molar-refractivity contribution < 1.29 is 23.1 Å². The van der Waals surface area contributed by atoms with Crippen LogP contribution in [0.4, 0.5) is 14.5 Å². The molecule has 1 N–H and O–H groups in total. The Morgan fingerprint density at radius 3 is 2.46 bits per heavy atom. The van der Waals surface area contributed by atoms with Gasteiger partial charge in [0.2, 0.25) is 0 Å². The Balaban J connectivity index is 1.81. The van der Waals surface area contributed by atoms with Crippen molar-refractivity contribution in [2.75, 3.05) is 11.1 Å². The van der Waals surface area contributed by atoms with Crippen LogP contribution in [0.1, 0.15) is 6.92 Å². The molecule has 2 aromatic rings. The van der Waals surface area contributed by atoms with E-state index < -0.39 is 29.6 Å². The van der Waals surface area contributed by atoms with E-state index >= 15 is 0 Å². The predicted molar refractivity (Wildman–Crippen MR) is 87.7 cm³/mol. The summed E-state index contributed by atoms with van der Waals surface area (Å²) in [6, 6.07) is 11.3. The lowest BCUT2D eigenvalue weighted by Crippen LogP contribution is -2.30. The van der Waals surface area contributed by atoms with Gasteiger partial charge in [-0.2, -0.15) is 0 Å². The van der Waals surface area contributed by atoms with Gasteiger partial charge in [0.25, 0.3) is 5.91 Å². The Morgan fingerprint density at radius 2 is 1.79 bits per heavy atom. The van der Waals surface area contributed by atoms with Crippen molar-refractivity contribution in [3.8, 4) is 0 Å². The van der Waals surface area contributed by atoms with Crippen molar-refractivity contribution in [2.45, 2.75) is 17.9 Å². The number of carbonyl (C=O) groups is 2. The van der Waals surface area contributed by atoms with Crippen molar-refractivity contribution >= 4 is 29.3 Å². The van der Waals surface area contributed by atoms with Crippen LogP contribution in [-0.2, 0) is 14.3 Å². The summed E-state index contributed by atoms with van der Waals surface area (Å²) in [6.45, 7) is 1.42. The molecular weight excluding hydrogens is 336 g/mol. The number of hydrogen-bond donors (Lipinski definition) is 1. The molecule has 2 rings (SSSR count). The van der Waals surface area contributed by atoms with E-state index in [4.69, 9.17) is 4.74 Å². The summed E-state index contributed by atoms with van der Waals surface area (Å²) in [5.74, 6) is -2.12. The van der Waals surface area contributed by atoms with E-state index in [9.17, 15) is 18.4 Å². The van der Waals surface area contributed by atoms with Gasteiger partial charge < -0.3 is 10.1 Å². The standard InChI is InChI=1S/C17H15F2NO3S/c1-11(17(22)20-13-8-6-12(18)7-9-13)23-16(21)10-24-15-5-3-2-4-14(15)19/h2-9,11H,10H2,1H3,(H,20,22)/t11-/m1/s1. The monoisotopic (exact) mass is 351 g/mol. The maximum Gasteiger partial charge on any atom is 0.317 e. The molecule has 126 valence electrons. The van der Waals surface area contributed by atoms with Gasteiger partial charge in [0.1, 0.15) is 11.6 Å². The predicted octanol–water partition coefficient (Wildman–Crippen LogP) is 3.63. The van der Waals surface area contributed by atoms with Gasteiger partial charge in [-0.15, -0.1) is 11.8 Å². The van der Waals surface area contributed by atoms with E-state index in [0.29, 0.717) is 10.6 Å². The number of esters is 1. The first-order valence-corrected chi connectivity index (χ1v) is 8.07. The minimum atomic E-state index is -1.02. The zero-order chi connectivity index (χ0) is 17.5. The molecule has 0 bridgehead atoms. The highest BCUT2D eigenvalue weighted by atomic mass is 32.2. The molecule has 7 heteroatoms. The van der Waals surface area contributed by atoms with E-state index in [1.165, 1.54) is 37.3 Å². The first-order valence-electron chi connectivity index (χ1n) is 7.09. The van der Waals surface area contributed by atoms with Crippen LogP contribution >= 0.6 is 11.8 Å². The zero-order valence-electron chi connectivity index (χ0n) is 12.8. The highest BCUT2D eigenvalue weighted by Gasteiger charge is 2.18. The highest BCUT2D eigenvalue weighted by molar-refractivity contribution is 8.00. The van der Waals surface area contributed by atoms with Crippen molar-refractivity contribution in [1.82, 2.24) is 0 Å². The Hall–Kier alpha value is -2.41. The summed E-state index contributed by atoms with van der Waals surface area (Å²) in [5, 5.41) is 2.51. The normalized spacial score (nSPS) is 11.6. The van der Waals surface area contributed by atoms with E-state index in [0.717, 1.165) is 11.8 Å². The molecule has 0 unspecified atom stereocenters. The van der Waals surface area contributed by atoms with Gasteiger partial charge in [0.15, 0.2) is 6.10 Å². The van der Waals surface area contributed by atoms with Gasteiger partial charge >= 0.3 is 5.97 Å². The zero-order valence-corrected chi connectivity index (χ0v) is 13.6.